The van der Waals surface area contributed by atoms with Crippen molar-refractivity contribution in [2.75, 3.05) is 0 Å². The van der Waals surface area contributed by atoms with Gasteiger partial charge in [-0.25, -0.2) is 0 Å². The van der Waals surface area contributed by atoms with E-state index in [9.17, 15) is 4.79 Å². The first-order valence-electron chi connectivity index (χ1n) is 7.82. The van der Waals surface area contributed by atoms with E-state index in [2.05, 4.69) is 6.92 Å². The number of benzene rings is 1. The molecule has 0 aromatic heterocycles. The average Bonchev–Trinajstić information content (AvgIpc) is 2.45. The summed E-state index contributed by atoms with van der Waals surface area (Å²) in [4.78, 5) is 12.5. The summed E-state index contributed by atoms with van der Waals surface area (Å²) in [6.07, 6.45) is 8.71. The van der Waals surface area contributed by atoms with Crippen LogP contribution >= 0.6 is 0 Å². The number of carbonyl (C=O) groups is 1. The molecule has 0 atom stereocenters. The first kappa shape index (κ1) is 14.3. The molecule has 1 aromatic carbocycles. The van der Waals surface area contributed by atoms with Crippen LogP contribution in [0.3, 0.4) is 0 Å². The SMILES string of the molecule is CCCCC1CCC(C(=O)c2ccccc2C)CC1. The van der Waals surface area contributed by atoms with Crippen molar-refractivity contribution in [2.24, 2.45) is 11.8 Å². The Morgan fingerprint density at radius 2 is 1.84 bits per heavy atom. The number of hydrogen-bond acceptors (Lipinski definition) is 1. The van der Waals surface area contributed by atoms with Crippen LogP contribution in [-0.2, 0) is 0 Å². The maximum Gasteiger partial charge on any atom is 0.166 e. The van der Waals surface area contributed by atoms with E-state index in [1.165, 1.54) is 32.1 Å². The Labute approximate surface area is 117 Å². The molecule has 0 spiro atoms. The molecule has 1 aliphatic carbocycles. The van der Waals surface area contributed by atoms with Crippen LogP contribution in [0, 0.1) is 18.8 Å². The van der Waals surface area contributed by atoms with Crippen LogP contribution in [-0.4, -0.2) is 5.78 Å². The van der Waals surface area contributed by atoms with E-state index in [4.69, 9.17) is 0 Å². The largest absolute Gasteiger partial charge is 0.294 e. The number of carbonyl (C=O) groups excluding carboxylic acids is 1. The molecule has 104 valence electrons. The number of unbranched alkanes of at least 4 members (excludes halogenated alkanes) is 1. The van der Waals surface area contributed by atoms with E-state index >= 15 is 0 Å². The Morgan fingerprint density at radius 3 is 2.47 bits per heavy atom. The van der Waals surface area contributed by atoms with Crippen LogP contribution in [0.2, 0.25) is 0 Å². The van der Waals surface area contributed by atoms with Gasteiger partial charge in [0, 0.05) is 11.5 Å². The van der Waals surface area contributed by atoms with Crippen LogP contribution in [0.25, 0.3) is 0 Å². The summed E-state index contributed by atoms with van der Waals surface area (Å²) < 4.78 is 0. The van der Waals surface area contributed by atoms with Gasteiger partial charge in [-0.3, -0.25) is 4.79 Å². The lowest BCUT2D eigenvalue weighted by atomic mass is 9.76. The van der Waals surface area contributed by atoms with Gasteiger partial charge in [0.15, 0.2) is 5.78 Å². The molecule has 0 heterocycles. The van der Waals surface area contributed by atoms with Crippen molar-refractivity contribution in [3.05, 3.63) is 35.4 Å². The summed E-state index contributed by atoms with van der Waals surface area (Å²) in [7, 11) is 0. The molecule has 1 nitrogen and oxygen atoms in total. The van der Waals surface area contributed by atoms with Crippen LogP contribution in [0.4, 0.5) is 0 Å². The standard InChI is InChI=1S/C18H26O/c1-3-4-8-15-10-12-16(13-11-15)18(19)17-9-6-5-7-14(17)2/h5-7,9,15-16H,3-4,8,10-13H2,1-2H3. The summed E-state index contributed by atoms with van der Waals surface area (Å²) in [6, 6.07) is 8.02. The Bertz CT molecular complexity index is 413. The Kier molecular flexibility index (Phi) is 5.18. The van der Waals surface area contributed by atoms with Gasteiger partial charge in [0.2, 0.25) is 0 Å². The van der Waals surface area contributed by atoms with Gasteiger partial charge in [-0.15, -0.1) is 0 Å². The predicted octanol–water partition coefficient (Wildman–Crippen LogP) is 5.17. The van der Waals surface area contributed by atoms with E-state index in [-0.39, 0.29) is 5.92 Å². The number of hydrogen-bond donors (Lipinski definition) is 0. The molecule has 0 radical (unpaired) electrons. The highest BCUT2D eigenvalue weighted by molar-refractivity contribution is 5.99. The lowest BCUT2D eigenvalue weighted by Gasteiger charge is -2.28. The molecule has 0 N–H and O–H groups in total. The van der Waals surface area contributed by atoms with Crippen LogP contribution in [0.15, 0.2) is 24.3 Å². The Morgan fingerprint density at radius 1 is 1.16 bits per heavy atom. The highest BCUT2D eigenvalue weighted by atomic mass is 16.1. The lowest BCUT2D eigenvalue weighted by molar-refractivity contribution is 0.0869. The second-order valence-electron chi connectivity index (χ2n) is 6.04. The van der Waals surface area contributed by atoms with Gasteiger partial charge < -0.3 is 0 Å². The highest BCUT2D eigenvalue weighted by Gasteiger charge is 2.27. The van der Waals surface area contributed by atoms with Crippen molar-refractivity contribution < 1.29 is 4.79 Å². The van der Waals surface area contributed by atoms with Gasteiger partial charge in [-0.2, -0.15) is 0 Å². The fourth-order valence-corrected chi connectivity index (χ4v) is 3.28. The molecule has 0 saturated heterocycles. The van der Waals surface area contributed by atoms with Gasteiger partial charge in [-0.1, -0.05) is 50.5 Å². The zero-order valence-corrected chi connectivity index (χ0v) is 12.3. The van der Waals surface area contributed by atoms with Crippen molar-refractivity contribution in [3.8, 4) is 0 Å². The third kappa shape index (κ3) is 3.68. The van der Waals surface area contributed by atoms with Crippen LogP contribution < -0.4 is 0 Å². The fourth-order valence-electron chi connectivity index (χ4n) is 3.28. The summed E-state index contributed by atoms with van der Waals surface area (Å²) >= 11 is 0. The smallest absolute Gasteiger partial charge is 0.166 e. The topological polar surface area (TPSA) is 17.1 Å². The molecule has 1 fully saturated rings. The third-order valence-corrected chi connectivity index (χ3v) is 4.59. The molecule has 0 bridgehead atoms. The average molecular weight is 258 g/mol. The van der Waals surface area contributed by atoms with Gasteiger partial charge >= 0.3 is 0 Å². The Balaban J connectivity index is 1.91. The molecule has 1 aliphatic rings. The summed E-state index contributed by atoms with van der Waals surface area (Å²) in [5.41, 5.74) is 2.07. The van der Waals surface area contributed by atoms with Crippen molar-refractivity contribution >= 4 is 5.78 Å². The third-order valence-electron chi connectivity index (χ3n) is 4.59. The van der Waals surface area contributed by atoms with Gasteiger partial charge in [0.25, 0.3) is 0 Å². The molecule has 0 unspecified atom stereocenters. The van der Waals surface area contributed by atoms with Crippen molar-refractivity contribution in [2.45, 2.75) is 58.8 Å². The van der Waals surface area contributed by atoms with Gasteiger partial charge in [0.1, 0.15) is 0 Å². The zero-order valence-electron chi connectivity index (χ0n) is 12.3. The summed E-state index contributed by atoms with van der Waals surface area (Å²) in [5.74, 6) is 1.53. The molecule has 1 heteroatoms. The lowest BCUT2D eigenvalue weighted by Crippen LogP contribution is -2.22. The first-order chi connectivity index (χ1) is 9.22. The Hall–Kier alpha value is -1.11. The quantitative estimate of drug-likeness (QED) is 0.665. The number of rotatable bonds is 5. The predicted molar refractivity (Wildman–Crippen MR) is 80.5 cm³/mol. The second kappa shape index (κ2) is 6.88. The molecular weight excluding hydrogens is 232 g/mol. The molecule has 2 rings (SSSR count). The van der Waals surface area contributed by atoms with E-state index in [1.807, 2.05) is 31.2 Å². The van der Waals surface area contributed by atoms with Crippen LogP contribution in [0.5, 0.6) is 0 Å². The molecule has 0 amide bonds. The fraction of sp³-hybridized carbons (Fsp3) is 0.611. The molecule has 0 aliphatic heterocycles. The first-order valence-corrected chi connectivity index (χ1v) is 7.82. The monoisotopic (exact) mass is 258 g/mol. The maximum atomic E-state index is 12.5. The van der Waals surface area contributed by atoms with E-state index < -0.39 is 0 Å². The zero-order chi connectivity index (χ0) is 13.7. The number of Topliss-reactive ketones (excluding diaryl/α,β-unsaturated/α-hetero) is 1. The van der Waals surface area contributed by atoms with E-state index in [0.717, 1.165) is 29.9 Å². The molecule has 1 aromatic rings. The maximum absolute atomic E-state index is 12.5. The van der Waals surface area contributed by atoms with Crippen molar-refractivity contribution in [1.29, 1.82) is 0 Å². The number of ketones is 1. The molecule has 1 saturated carbocycles. The van der Waals surface area contributed by atoms with E-state index in [0.29, 0.717) is 5.78 Å². The minimum atomic E-state index is 0.277. The van der Waals surface area contributed by atoms with Gasteiger partial charge in [-0.05, 0) is 44.1 Å². The normalized spacial score (nSPS) is 23.3. The van der Waals surface area contributed by atoms with Crippen molar-refractivity contribution in [1.82, 2.24) is 0 Å². The molecule has 19 heavy (non-hydrogen) atoms. The second-order valence-corrected chi connectivity index (χ2v) is 6.04. The number of aryl methyl sites for hydroxylation is 1. The van der Waals surface area contributed by atoms with Gasteiger partial charge in [0.05, 0.1) is 0 Å². The highest BCUT2D eigenvalue weighted by Crippen LogP contribution is 2.34. The summed E-state index contributed by atoms with van der Waals surface area (Å²) in [5, 5.41) is 0. The van der Waals surface area contributed by atoms with Crippen LogP contribution in [0.1, 0.15) is 67.8 Å². The molecular formula is C18H26O. The summed E-state index contributed by atoms with van der Waals surface area (Å²) in [6.45, 7) is 4.30. The van der Waals surface area contributed by atoms with Crippen molar-refractivity contribution in [3.63, 3.8) is 0 Å². The minimum Gasteiger partial charge on any atom is -0.294 e. The van der Waals surface area contributed by atoms with E-state index in [1.54, 1.807) is 0 Å². The minimum absolute atomic E-state index is 0.277.